The molecule has 0 spiro atoms. The molecule has 3 aromatic rings. The number of nitrogens with zero attached hydrogens (tertiary/aromatic N) is 1. The largest absolute Gasteiger partial charge is 0.378 e. The minimum atomic E-state index is -3.76. The van der Waals surface area contributed by atoms with Crippen LogP contribution in [0.1, 0.15) is 18.6 Å². The molecule has 1 aromatic heterocycles. The van der Waals surface area contributed by atoms with Crippen LogP contribution in [0.25, 0.3) is 10.8 Å². The van der Waals surface area contributed by atoms with Crippen LogP contribution in [0.5, 0.6) is 0 Å². The summed E-state index contributed by atoms with van der Waals surface area (Å²) >= 11 is 0. The van der Waals surface area contributed by atoms with E-state index in [0.29, 0.717) is 5.56 Å². The molecule has 0 radical (unpaired) electrons. The lowest BCUT2D eigenvalue weighted by Crippen LogP contribution is -2.43. The van der Waals surface area contributed by atoms with Crippen molar-refractivity contribution in [1.82, 2.24) is 15.0 Å². The van der Waals surface area contributed by atoms with Crippen LogP contribution in [0.4, 0.5) is 0 Å². The molecule has 0 bridgehead atoms. The zero-order chi connectivity index (χ0) is 20.1. The third kappa shape index (κ3) is 4.72. The van der Waals surface area contributed by atoms with E-state index in [1.54, 1.807) is 67.8 Å². The molecule has 8 heteroatoms. The van der Waals surface area contributed by atoms with E-state index >= 15 is 0 Å². The van der Waals surface area contributed by atoms with Crippen molar-refractivity contribution in [3.63, 3.8) is 0 Å². The van der Waals surface area contributed by atoms with Crippen molar-refractivity contribution in [2.75, 3.05) is 6.54 Å². The molecule has 0 saturated carbocycles. The molecule has 1 heterocycles. The van der Waals surface area contributed by atoms with E-state index in [2.05, 4.69) is 15.0 Å². The molecule has 0 saturated heterocycles. The molecule has 2 aromatic carbocycles. The third-order valence-electron chi connectivity index (χ3n) is 4.22. The lowest BCUT2D eigenvalue weighted by molar-refractivity contribution is -0.129. The van der Waals surface area contributed by atoms with Gasteiger partial charge < -0.3 is 10.4 Å². The van der Waals surface area contributed by atoms with E-state index < -0.39 is 28.1 Å². The van der Waals surface area contributed by atoms with Gasteiger partial charge in [0, 0.05) is 30.4 Å². The van der Waals surface area contributed by atoms with Crippen molar-refractivity contribution >= 4 is 26.7 Å². The average molecular weight is 399 g/mol. The molecule has 3 N–H and O–H groups in total. The zero-order valence-electron chi connectivity index (χ0n) is 15.2. The number of carbonyl (C=O) groups is 1. The van der Waals surface area contributed by atoms with E-state index in [9.17, 15) is 18.3 Å². The van der Waals surface area contributed by atoms with Crippen molar-refractivity contribution < 1.29 is 18.3 Å². The summed E-state index contributed by atoms with van der Waals surface area (Å²) in [4.78, 5) is 16.2. The summed E-state index contributed by atoms with van der Waals surface area (Å²) in [7, 11) is -3.76. The SMILES string of the molecule is CC(CNC(=O)C(O)c1ccccc1)NS(=O)(=O)c1ccc2cnccc2c1. The van der Waals surface area contributed by atoms with Crippen LogP contribution >= 0.6 is 0 Å². The van der Waals surface area contributed by atoms with E-state index in [1.165, 1.54) is 6.07 Å². The molecular weight excluding hydrogens is 378 g/mol. The summed E-state index contributed by atoms with van der Waals surface area (Å²) in [5.74, 6) is -0.588. The van der Waals surface area contributed by atoms with Crippen LogP contribution in [-0.4, -0.2) is 37.0 Å². The first-order chi connectivity index (χ1) is 13.4. The molecular formula is C20H21N3O4S. The summed E-state index contributed by atoms with van der Waals surface area (Å²) in [6, 6.07) is 14.5. The second kappa shape index (κ2) is 8.47. The Bertz CT molecular complexity index is 1070. The van der Waals surface area contributed by atoms with Gasteiger partial charge in [0.2, 0.25) is 10.0 Å². The highest BCUT2D eigenvalue weighted by molar-refractivity contribution is 7.89. The maximum atomic E-state index is 12.6. The Balaban J connectivity index is 1.61. The molecule has 146 valence electrons. The Hall–Kier alpha value is -2.81. The number of aliphatic hydroxyl groups is 1. The number of benzene rings is 2. The number of carbonyl (C=O) groups excluding carboxylic acids is 1. The molecule has 2 unspecified atom stereocenters. The normalized spacial score (nSPS) is 13.8. The fourth-order valence-electron chi connectivity index (χ4n) is 2.74. The van der Waals surface area contributed by atoms with Crippen molar-refractivity contribution in [2.24, 2.45) is 0 Å². The van der Waals surface area contributed by atoms with Crippen LogP contribution in [0.2, 0.25) is 0 Å². The fourth-order valence-corrected chi connectivity index (χ4v) is 4.02. The van der Waals surface area contributed by atoms with Gasteiger partial charge in [-0.25, -0.2) is 13.1 Å². The van der Waals surface area contributed by atoms with E-state index in [-0.39, 0.29) is 11.4 Å². The number of nitrogens with one attached hydrogen (secondary N) is 2. The molecule has 1 amide bonds. The molecule has 0 aliphatic heterocycles. The van der Waals surface area contributed by atoms with Gasteiger partial charge in [0.15, 0.2) is 6.10 Å². The molecule has 28 heavy (non-hydrogen) atoms. The monoisotopic (exact) mass is 399 g/mol. The van der Waals surface area contributed by atoms with E-state index in [0.717, 1.165) is 10.8 Å². The van der Waals surface area contributed by atoms with Gasteiger partial charge in [0.05, 0.1) is 4.90 Å². The zero-order valence-corrected chi connectivity index (χ0v) is 16.1. The second-order valence-electron chi connectivity index (χ2n) is 6.47. The predicted octanol–water partition coefficient (Wildman–Crippen LogP) is 1.75. The van der Waals surface area contributed by atoms with Gasteiger partial charge in [0.1, 0.15) is 0 Å². The van der Waals surface area contributed by atoms with E-state index in [1.807, 2.05) is 0 Å². The molecule has 0 aliphatic carbocycles. The Morgan fingerprint density at radius 3 is 2.61 bits per heavy atom. The minimum Gasteiger partial charge on any atom is -0.378 e. The van der Waals surface area contributed by atoms with Crippen molar-refractivity contribution in [2.45, 2.75) is 24.0 Å². The van der Waals surface area contributed by atoms with Gasteiger partial charge in [0.25, 0.3) is 5.91 Å². The summed E-state index contributed by atoms with van der Waals surface area (Å²) < 4.78 is 27.7. The van der Waals surface area contributed by atoms with Gasteiger partial charge in [-0.3, -0.25) is 9.78 Å². The van der Waals surface area contributed by atoms with Gasteiger partial charge in [-0.1, -0.05) is 36.4 Å². The number of aromatic nitrogens is 1. The third-order valence-corrected chi connectivity index (χ3v) is 5.81. The van der Waals surface area contributed by atoms with Crippen LogP contribution in [-0.2, 0) is 14.8 Å². The maximum absolute atomic E-state index is 12.6. The summed E-state index contributed by atoms with van der Waals surface area (Å²) in [6.45, 7) is 1.68. The number of sulfonamides is 1. The first-order valence-electron chi connectivity index (χ1n) is 8.73. The van der Waals surface area contributed by atoms with Gasteiger partial charge in [-0.15, -0.1) is 0 Å². The standard InChI is InChI=1S/C20H21N3O4S/c1-14(12-22-20(25)19(24)15-5-3-2-4-6-15)23-28(26,27)18-8-7-17-13-21-10-9-16(17)11-18/h2-11,13-14,19,23-24H,12H2,1H3,(H,22,25). The number of hydrogen-bond acceptors (Lipinski definition) is 5. The number of aliphatic hydroxyl groups excluding tert-OH is 1. The smallest absolute Gasteiger partial charge is 0.253 e. The maximum Gasteiger partial charge on any atom is 0.253 e. The van der Waals surface area contributed by atoms with Gasteiger partial charge in [-0.2, -0.15) is 0 Å². The quantitative estimate of drug-likeness (QED) is 0.561. The Morgan fingerprint density at radius 1 is 1.11 bits per heavy atom. The minimum absolute atomic E-state index is 0.0411. The number of hydrogen-bond donors (Lipinski definition) is 3. The Kier molecular flexibility index (Phi) is 6.03. The average Bonchev–Trinajstić information content (AvgIpc) is 2.71. The molecule has 7 nitrogen and oxygen atoms in total. The molecule has 2 atom stereocenters. The summed E-state index contributed by atoms with van der Waals surface area (Å²) in [5, 5.41) is 14.2. The van der Waals surface area contributed by atoms with Crippen molar-refractivity contribution in [3.8, 4) is 0 Å². The van der Waals surface area contributed by atoms with Crippen molar-refractivity contribution in [1.29, 1.82) is 0 Å². The van der Waals surface area contributed by atoms with Gasteiger partial charge in [-0.05, 0) is 36.1 Å². The van der Waals surface area contributed by atoms with Gasteiger partial charge >= 0.3 is 0 Å². The molecule has 0 fully saturated rings. The van der Waals surface area contributed by atoms with Crippen LogP contribution < -0.4 is 10.0 Å². The van der Waals surface area contributed by atoms with E-state index in [4.69, 9.17) is 0 Å². The lowest BCUT2D eigenvalue weighted by Gasteiger charge is -2.17. The molecule has 0 aliphatic rings. The Morgan fingerprint density at radius 2 is 1.86 bits per heavy atom. The van der Waals surface area contributed by atoms with Crippen LogP contribution in [0.3, 0.4) is 0 Å². The predicted molar refractivity (Wildman–Crippen MR) is 106 cm³/mol. The highest BCUT2D eigenvalue weighted by Crippen LogP contribution is 2.18. The van der Waals surface area contributed by atoms with Crippen molar-refractivity contribution in [3.05, 3.63) is 72.6 Å². The highest BCUT2D eigenvalue weighted by Gasteiger charge is 2.20. The second-order valence-corrected chi connectivity index (χ2v) is 8.18. The fraction of sp³-hybridized carbons (Fsp3) is 0.200. The number of rotatable bonds is 7. The highest BCUT2D eigenvalue weighted by atomic mass is 32.2. The summed E-state index contributed by atoms with van der Waals surface area (Å²) in [6.07, 6.45) is 1.96. The topological polar surface area (TPSA) is 108 Å². The number of amides is 1. The van der Waals surface area contributed by atoms with Crippen LogP contribution in [0.15, 0.2) is 71.9 Å². The lowest BCUT2D eigenvalue weighted by atomic mass is 10.1. The number of pyridine rings is 1. The summed E-state index contributed by atoms with van der Waals surface area (Å²) in [5.41, 5.74) is 0.471. The molecule has 3 rings (SSSR count). The first kappa shape index (κ1) is 19.9. The number of fused-ring (bicyclic) bond motifs is 1. The first-order valence-corrected chi connectivity index (χ1v) is 10.2. The Labute approximate surface area is 163 Å². The van der Waals surface area contributed by atoms with Crippen LogP contribution in [0, 0.1) is 0 Å².